The molecule has 2 aromatic heterocycles. The summed E-state index contributed by atoms with van der Waals surface area (Å²) in [7, 11) is 0. The quantitative estimate of drug-likeness (QED) is 0.829. The highest BCUT2D eigenvalue weighted by Crippen LogP contribution is 2.24. The number of hydrogen-bond acceptors (Lipinski definition) is 4. The van der Waals surface area contributed by atoms with Crippen molar-refractivity contribution in [3.05, 3.63) is 45.8 Å². The molecule has 3 rings (SSSR count). The lowest BCUT2D eigenvalue weighted by Crippen LogP contribution is -2.31. The van der Waals surface area contributed by atoms with Gasteiger partial charge in [0.05, 0.1) is 6.54 Å². The van der Waals surface area contributed by atoms with Crippen LogP contribution in [0.4, 0.5) is 0 Å². The third-order valence-electron chi connectivity index (χ3n) is 3.69. The van der Waals surface area contributed by atoms with Gasteiger partial charge in [-0.25, -0.2) is 9.97 Å². The fourth-order valence-electron chi connectivity index (χ4n) is 2.53. The van der Waals surface area contributed by atoms with E-state index in [2.05, 4.69) is 46.6 Å². The van der Waals surface area contributed by atoms with Crippen molar-refractivity contribution in [1.82, 2.24) is 14.9 Å². The standard InChI is InChI=1S/C16H20BrN3O/c1-16(2,3)15-18-8-11-9-20(7-6-13(11)19-15)10-12-4-5-14(17)21-12/h4-5,8H,6-7,9-10H2,1-3H3. The van der Waals surface area contributed by atoms with Gasteiger partial charge >= 0.3 is 0 Å². The second-order valence-electron chi connectivity index (χ2n) is 6.58. The van der Waals surface area contributed by atoms with Crippen molar-refractivity contribution in [3.63, 3.8) is 0 Å². The molecular weight excluding hydrogens is 330 g/mol. The first-order chi connectivity index (χ1) is 9.91. The normalized spacial score (nSPS) is 16.0. The van der Waals surface area contributed by atoms with Gasteiger partial charge in [0.1, 0.15) is 11.6 Å². The molecule has 112 valence electrons. The van der Waals surface area contributed by atoms with E-state index in [0.29, 0.717) is 0 Å². The van der Waals surface area contributed by atoms with Crippen LogP contribution in [-0.4, -0.2) is 21.4 Å². The van der Waals surface area contributed by atoms with Gasteiger partial charge in [0.15, 0.2) is 4.67 Å². The Balaban J connectivity index is 1.74. The molecule has 0 amide bonds. The van der Waals surface area contributed by atoms with Crippen molar-refractivity contribution < 1.29 is 4.42 Å². The zero-order valence-electron chi connectivity index (χ0n) is 12.7. The Labute approximate surface area is 133 Å². The third-order valence-corrected chi connectivity index (χ3v) is 4.12. The molecule has 2 aromatic rings. The largest absolute Gasteiger partial charge is 0.453 e. The highest BCUT2D eigenvalue weighted by molar-refractivity contribution is 9.10. The summed E-state index contributed by atoms with van der Waals surface area (Å²) in [5.74, 6) is 1.92. The number of rotatable bonds is 2. The molecule has 0 radical (unpaired) electrons. The molecule has 0 unspecified atom stereocenters. The third kappa shape index (κ3) is 3.35. The van der Waals surface area contributed by atoms with Crippen molar-refractivity contribution in [3.8, 4) is 0 Å². The number of aromatic nitrogens is 2. The molecule has 3 heterocycles. The van der Waals surface area contributed by atoms with Gasteiger partial charge in [0, 0.05) is 42.4 Å². The summed E-state index contributed by atoms with van der Waals surface area (Å²) in [5, 5.41) is 0. The number of hydrogen-bond donors (Lipinski definition) is 0. The van der Waals surface area contributed by atoms with Crippen LogP contribution >= 0.6 is 15.9 Å². The van der Waals surface area contributed by atoms with E-state index in [-0.39, 0.29) is 5.41 Å². The van der Waals surface area contributed by atoms with Gasteiger partial charge in [0.25, 0.3) is 0 Å². The van der Waals surface area contributed by atoms with Gasteiger partial charge in [-0.1, -0.05) is 20.8 Å². The highest BCUT2D eigenvalue weighted by Gasteiger charge is 2.23. The summed E-state index contributed by atoms with van der Waals surface area (Å²) in [5.41, 5.74) is 2.44. The topological polar surface area (TPSA) is 42.2 Å². The average Bonchev–Trinajstić information content (AvgIpc) is 2.82. The van der Waals surface area contributed by atoms with E-state index in [1.165, 1.54) is 11.3 Å². The van der Waals surface area contributed by atoms with E-state index >= 15 is 0 Å². The first-order valence-corrected chi connectivity index (χ1v) is 8.03. The van der Waals surface area contributed by atoms with Gasteiger partial charge in [-0.05, 0) is 28.1 Å². The molecule has 0 saturated carbocycles. The SMILES string of the molecule is CC(C)(C)c1ncc2c(n1)CCN(Cc1ccc(Br)o1)C2. The first-order valence-electron chi connectivity index (χ1n) is 7.23. The molecule has 0 bridgehead atoms. The fourth-order valence-corrected chi connectivity index (χ4v) is 2.87. The molecule has 0 atom stereocenters. The van der Waals surface area contributed by atoms with Crippen molar-refractivity contribution in [1.29, 1.82) is 0 Å². The summed E-state index contributed by atoms with van der Waals surface area (Å²) in [6.45, 7) is 9.17. The molecule has 0 aliphatic carbocycles. The van der Waals surface area contributed by atoms with E-state index in [9.17, 15) is 0 Å². The molecule has 0 spiro atoms. The maximum atomic E-state index is 5.58. The maximum Gasteiger partial charge on any atom is 0.169 e. The fraction of sp³-hybridized carbons (Fsp3) is 0.500. The molecule has 1 aliphatic heterocycles. The Hall–Kier alpha value is -1.20. The minimum absolute atomic E-state index is 0.00656. The predicted octanol–water partition coefficient (Wildman–Crippen LogP) is 3.69. The van der Waals surface area contributed by atoms with E-state index in [1.54, 1.807) is 0 Å². The zero-order valence-corrected chi connectivity index (χ0v) is 14.3. The second-order valence-corrected chi connectivity index (χ2v) is 7.36. The molecule has 21 heavy (non-hydrogen) atoms. The van der Waals surface area contributed by atoms with Crippen molar-refractivity contribution in [2.75, 3.05) is 6.54 Å². The minimum Gasteiger partial charge on any atom is -0.453 e. The van der Waals surface area contributed by atoms with Crippen molar-refractivity contribution >= 4 is 15.9 Å². The van der Waals surface area contributed by atoms with Crippen LogP contribution in [0.15, 0.2) is 27.4 Å². The number of halogens is 1. The Morgan fingerprint density at radius 3 is 2.81 bits per heavy atom. The maximum absolute atomic E-state index is 5.58. The molecule has 1 aliphatic rings. The summed E-state index contributed by atoms with van der Waals surface area (Å²) in [6, 6.07) is 3.95. The van der Waals surface area contributed by atoms with E-state index in [0.717, 1.165) is 42.3 Å². The Morgan fingerprint density at radius 2 is 2.14 bits per heavy atom. The highest BCUT2D eigenvalue weighted by atomic mass is 79.9. The summed E-state index contributed by atoms with van der Waals surface area (Å²) in [4.78, 5) is 11.7. The molecule has 0 fully saturated rings. The molecule has 0 saturated heterocycles. The predicted molar refractivity (Wildman–Crippen MR) is 85.0 cm³/mol. The van der Waals surface area contributed by atoms with Gasteiger partial charge in [-0.2, -0.15) is 0 Å². The van der Waals surface area contributed by atoms with E-state index < -0.39 is 0 Å². The van der Waals surface area contributed by atoms with E-state index in [1.807, 2.05) is 18.3 Å². The Morgan fingerprint density at radius 1 is 1.33 bits per heavy atom. The first kappa shape index (κ1) is 14.7. The number of fused-ring (bicyclic) bond motifs is 1. The molecule has 0 aromatic carbocycles. The van der Waals surface area contributed by atoms with Crippen molar-refractivity contribution in [2.45, 2.75) is 45.7 Å². The van der Waals surface area contributed by atoms with Gasteiger partial charge in [0.2, 0.25) is 0 Å². The van der Waals surface area contributed by atoms with Crippen LogP contribution < -0.4 is 0 Å². The summed E-state index contributed by atoms with van der Waals surface area (Å²) < 4.78 is 6.37. The minimum atomic E-state index is 0.00656. The molecular formula is C16H20BrN3O. The monoisotopic (exact) mass is 349 g/mol. The Bertz CT molecular complexity index is 645. The lowest BCUT2D eigenvalue weighted by atomic mass is 9.95. The van der Waals surface area contributed by atoms with Crippen LogP contribution in [0.1, 0.15) is 43.6 Å². The smallest absolute Gasteiger partial charge is 0.169 e. The molecule has 4 nitrogen and oxygen atoms in total. The summed E-state index contributed by atoms with van der Waals surface area (Å²) >= 11 is 3.34. The molecule has 5 heteroatoms. The second kappa shape index (κ2) is 5.54. The number of furan rings is 1. The lowest BCUT2D eigenvalue weighted by molar-refractivity contribution is 0.221. The molecule has 0 N–H and O–H groups in total. The summed E-state index contributed by atoms with van der Waals surface area (Å²) in [6.07, 6.45) is 2.97. The van der Waals surface area contributed by atoms with Crippen LogP contribution in [0.2, 0.25) is 0 Å². The van der Waals surface area contributed by atoms with Gasteiger partial charge in [-0.3, -0.25) is 4.90 Å². The van der Waals surface area contributed by atoms with Crippen LogP contribution in [0, 0.1) is 0 Å². The lowest BCUT2D eigenvalue weighted by Gasteiger charge is -2.28. The number of nitrogens with zero attached hydrogens (tertiary/aromatic N) is 3. The van der Waals surface area contributed by atoms with Crippen LogP contribution in [0.25, 0.3) is 0 Å². The Kier molecular flexibility index (Phi) is 3.88. The van der Waals surface area contributed by atoms with Crippen LogP contribution in [-0.2, 0) is 24.9 Å². The van der Waals surface area contributed by atoms with Crippen LogP contribution in [0.5, 0.6) is 0 Å². The average molecular weight is 350 g/mol. The van der Waals surface area contributed by atoms with Crippen molar-refractivity contribution in [2.24, 2.45) is 0 Å². The van der Waals surface area contributed by atoms with E-state index in [4.69, 9.17) is 9.40 Å². The van der Waals surface area contributed by atoms with Gasteiger partial charge in [-0.15, -0.1) is 0 Å². The zero-order chi connectivity index (χ0) is 15.0. The van der Waals surface area contributed by atoms with Crippen LogP contribution in [0.3, 0.4) is 0 Å². The van der Waals surface area contributed by atoms with Gasteiger partial charge < -0.3 is 4.42 Å².